The van der Waals surface area contributed by atoms with Crippen molar-refractivity contribution in [1.82, 2.24) is 9.13 Å². The zero-order valence-electron chi connectivity index (χ0n) is 25.0. The highest BCUT2D eigenvalue weighted by molar-refractivity contribution is 6.28. The molecule has 7 aromatic carbocycles. The van der Waals surface area contributed by atoms with Crippen LogP contribution in [0, 0.1) is 6.92 Å². The molecule has 2 heteroatoms. The van der Waals surface area contributed by atoms with Crippen molar-refractivity contribution >= 4 is 43.6 Å². The summed E-state index contributed by atoms with van der Waals surface area (Å²) >= 11 is 0. The molecule has 0 radical (unpaired) electrons. The first kappa shape index (κ1) is 25.6. The van der Waals surface area contributed by atoms with Gasteiger partial charge in [-0.2, -0.15) is 0 Å². The van der Waals surface area contributed by atoms with Crippen molar-refractivity contribution < 1.29 is 0 Å². The van der Waals surface area contributed by atoms with Crippen LogP contribution in [-0.2, 0) is 0 Å². The van der Waals surface area contributed by atoms with E-state index in [1.807, 2.05) is 0 Å². The lowest BCUT2D eigenvalue weighted by Crippen LogP contribution is -1.95. The highest BCUT2D eigenvalue weighted by Crippen LogP contribution is 2.42. The molecular weight excluding hydrogens is 544 g/mol. The molecule has 45 heavy (non-hydrogen) atoms. The minimum Gasteiger partial charge on any atom is -0.309 e. The van der Waals surface area contributed by atoms with Crippen molar-refractivity contribution in [3.8, 4) is 33.6 Å². The second-order valence-electron chi connectivity index (χ2n) is 11.9. The highest BCUT2D eigenvalue weighted by Gasteiger charge is 2.20. The van der Waals surface area contributed by atoms with Gasteiger partial charge in [-0.15, -0.1) is 0 Å². The van der Waals surface area contributed by atoms with E-state index in [1.54, 1.807) is 0 Å². The summed E-state index contributed by atoms with van der Waals surface area (Å²) in [6.45, 7) is 2.13. The van der Waals surface area contributed by atoms with Crippen LogP contribution in [0.25, 0.3) is 77.2 Å². The number of aryl methyl sites for hydroxylation is 1. The van der Waals surface area contributed by atoms with Gasteiger partial charge in [0.2, 0.25) is 0 Å². The maximum atomic E-state index is 2.43. The van der Waals surface area contributed by atoms with Gasteiger partial charge >= 0.3 is 0 Å². The average molecular weight is 575 g/mol. The lowest BCUT2D eigenvalue weighted by Gasteiger charge is -2.11. The molecule has 0 fully saturated rings. The average Bonchev–Trinajstić information content (AvgIpc) is 3.62. The predicted octanol–water partition coefficient (Wildman–Crippen LogP) is 11.5. The number of benzene rings is 7. The van der Waals surface area contributed by atoms with Gasteiger partial charge in [-0.05, 0) is 77.7 Å². The number of hydrogen-bond donors (Lipinski definition) is 0. The molecule has 0 saturated carbocycles. The van der Waals surface area contributed by atoms with Crippen LogP contribution >= 0.6 is 0 Å². The fourth-order valence-electron chi connectivity index (χ4n) is 7.08. The number of para-hydroxylation sites is 2. The first-order chi connectivity index (χ1) is 22.2. The van der Waals surface area contributed by atoms with Gasteiger partial charge in [-0.25, -0.2) is 0 Å². The summed E-state index contributed by atoms with van der Waals surface area (Å²) in [6, 6.07) is 59.6. The molecule has 0 bridgehead atoms. The van der Waals surface area contributed by atoms with Crippen LogP contribution in [0.5, 0.6) is 0 Å². The van der Waals surface area contributed by atoms with Crippen molar-refractivity contribution in [2.45, 2.75) is 6.92 Å². The van der Waals surface area contributed by atoms with Crippen LogP contribution in [0.4, 0.5) is 0 Å². The topological polar surface area (TPSA) is 9.86 Å². The lowest BCUT2D eigenvalue weighted by atomic mass is 10.0. The summed E-state index contributed by atoms with van der Waals surface area (Å²) in [5, 5.41) is 5.11. The largest absolute Gasteiger partial charge is 0.309 e. The summed E-state index contributed by atoms with van der Waals surface area (Å²) in [7, 11) is 0. The standard InChI is InChI=1S/C43H30N2/c1-29-18-20-31(21-19-29)32-22-24-34(25-23-32)44-38-16-7-5-14-36(38)42-40(44)26-27-41-43(42)37-15-6-8-17-39(37)45(41)35-13-9-12-33(28-35)30-10-3-2-4-11-30/h2-28H,1H3. The zero-order chi connectivity index (χ0) is 29.9. The van der Waals surface area contributed by atoms with Crippen molar-refractivity contribution in [2.24, 2.45) is 0 Å². The Morgan fingerprint density at radius 3 is 1.44 bits per heavy atom. The Morgan fingerprint density at radius 1 is 0.333 bits per heavy atom. The minimum absolute atomic E-state index is 1.16. The highest BCUT2D eigenvalue weighted by atomic mass is 15.0. The molecular formula is C43H30N2. The summed E-state index contributed by atoms with van der Waals surface area (Å²) in [5.74, 6) is 0. The van der Waals surface area contributed by atoms with Crippen molar-refractivity contribution in [1.29, 1.82) is 0 Å². The molecule has 0 saturated heterocycles. The van der Waals surface area contributed by atoms with Gasteiger partial charge in [0.1, 0.15) is 0 Å². The Bertz CT molecular complexity index is 2510. The molecule has 0 aliphatic rings. The van der Waals surface area contributed by atoms with E-state index in [-0.39, 0.29) is 0 Å². The fourth-order valence-corrected chi connectivity index (χ4v) is 7.08. The molecule has 0 aliphatic heterocycles. The molecule has 0 unspecified atom stereocenters. The minimum atomic E-state index is 1.16. The Labute approximate surface area is 262 Å². The normalized spacial score (nSPS) is 11.7. The van der Waals surface area contributed by atoms with Gasteiger partial charge in [0.05, 0.1) is 22.1 Å². The molecule has 2 nitrogen and oxygen atoms in total. The van der Waals surface area contributed by atoms with Crippen LogP contribution in [0.1, 0.15) is 5.56 Å². The second-order valence-corrected chi connectivity index (χ2v) is 11.9. The van der Waals surface area contributed by atoms with E-state index in [2.05, 4.69) is 180 Å². The van der Waals surface area contributed by atoms with E-state index in [9.17, 15) is 0 Å². The summed E-state index contributed by atoms with van der Waals surface area (Å²) in [5.41, 5.74) is 13.4. The second kappa shape index (κ2) is 10.1. The maximum absolute atomic E-state index is 2.43. The first-order valence-electron chi connectivity index (χ1n) is 15.5. The monoisotopic (exact) mass is 574 g/mol. The number of rotatable bonds is 4. The molecule has 2 heterocycles. The van der Waals surface area contributed by atoms with E-state index in [0.717, 1.165) is 11.4 Å². The third-order valence-electron chi connectivity index (χ3n) is 9.19. The van der Waals surface area contributed by atoms with Gasteiger partial charge in [-0.1, -0.05) is 121 Å². The molecule has 0 N–H and O–H groups in total. The van der Waals surface area contributed by atoms with Crippen molar-refractivity contribution in [2.75, 3.05) is 0 Å². The molecule has 212 valence electrons. The quantitative estimate of drug-likeness (QED) is 0.198. The zero-order valence-corrected chi connectivity index (χ0v) is 25.0. The third-order valence-corrected chi connectivity index (χ3v) is 9.19. The Hall–Kier alpha value is -5.86. The molecule has 9 rings (SSSR count). The van der Waals surface area contributed by atoms with E-state index >= 15 is 0 Å². The van der Waals surface area contributed by atoms with Crippen LogP contribution in [0.15, 0.2) is 164 Å². The molecule has 0 aliphatic carbocycles. The van der Waals surface area contributed by atoms with Crippen LogP contribution in [0.2, 0.25) is 0 Å². The van der Waals surface area contributed by atoms with Crippen LogP contribution < -0.4 is 0 Å². The van der Waals surface area contributed by atoms with Crippen molar-refractivity contribution in [3.05, 3.63) is 169 Å². The number of aromatic nitrogens is 2. The number of hydrogen-bond acceptors (Lipinski definition) is 0. The predicted molar refractivity (Wildman–Crippen MR) is 191 cm³/mol. The van der Waals surface area contributed by atoms with Crippen LogP contribution in [0.3, 0.4) is 0 Å². The SMILES string of the molecule is Cc1ccc(-c2ccc(-n3c4ccccc4c4c5c6ccccc6n(-c6cccc(-c7ccccc7)c6)c5ccc43)cc2)cc1. The third kappa shape index (κ3) is 4.03. The Balaban J connectivity index is 1.30. The van der Waals surface area contributed by atoms with E-state index in [4.69, 9.17) is 0 Å². The van der Waals surface area contributed by atoms with E-state index < -0.39 is 0 Å². The fraction of sp³-hybridized carbons (Fsp3) is 0.0233. The van der Waals surface area contributed by atoms with Gasteiger partial charge in [0.15, 0.2) is 0 Å². The number of fused-ring (bicyclic) bond motifs is 7. The lowest BCUT2D eigenvalue weighted by molar-refractivity contribution is 1.17. The van der Waals surface area contributed by atoms with E-state index in [0.29, 0.717) is 0 Å². The Morgan fingerprint density at radius 2 is 0.822 bits per heavy atom. The molecule has 0 atom stereocenters. The van der Waals surface area contributed by atoms with Gasteiger partial charge < -0.3 is 9.13 Å². The summed E-state index contributed by atoms with van der Waals surface area (Å²) < 4.78 is 4.85. The van der Waals surface area contributed by atoms with Gasteiger partial charge in [-0.3, -0.25) is 0 Å². The molecule has 2 aromatic heterocycles. The maximum Gasteiger partial charge on any atom is 0.0548 e. The number of nitrogens with zero attached hydrogens (tertiary/aromatic N) is 2. The van der Waals surface area contributed by atoms with E-state index in [1.165, 1.54) is 71.4 Å². The first-order valence-corrected chi connectivity index (χ1v) is 15.5. The molecule has 0 spiro atoms. The smallest absolute Gasteiger partial charge is 0.0548 e. The van der Waals surface area contributed by atoms with Gasteiger partial charge in [0, 0.05) is 32.9 Å². The molecule has 9 aromatic rings. The Kier molecular flexibility index (Phi) is 5.76. The van der Waals surface area contributed by atoms with Crippen molar-refractivity contribution in [3.63, 3.8) is 0 Å². The summed E-state index contributed by atoms with van der Waals surface area (Å²) in [6.07, 6.45) is 0. The summed E-state index contributed by atoms with van der Waals surface area (Å²) in [4.78, 5) is 0. The molecule has 0 amide bonds. The van der Waals surface area contributed by atoms with Crippen LogP contribution in [-0.4, -0.2) is 9.13 Å². The van der Waals surface area contributed by atoms with Gasteiger partial charge in [0.25, 0.3) is 0 Å².